The standard InChI is InChI=1S/C16H17IN2OS/c17-13-3-5-14(6-4-13)18-16(20)10-19-8-1-2-15(19)12-7-9-21-11-12/h3-7,9,11,15H,1-2,8,10H2,(H,18,20). The zero-order valence-electron chi connectivity index (χ0n) is 11.6. The number of amides is 1. The zero-order valence-corrected chi connectivity index (χ0v) is 14.6. The fourth-order valence-corrected chi connectivity index (χ4v) is 3.84. The molecule has 2 heterocycles. The topological polar surface area (TPSA) is 32.3 Å². The normalized spacial score (nSPS) is 18.8. The van der Waals surface area contributed by atoms with E-state index in [2.05, 4.69) is 49.6 Å². The molecule has 1 unspecified atom stereocenters. The van der Waals surface area contributed by atoms with Crippen LogP contribution in [0.3, 0.4) is 0 Å². The average Bonchev–Trinajstić information content (AvgIpc) is 3.11. The lowest BCUT2D eigenvalue weighted by Crippen LogP contribution is -2.32. The Bertz CT molecular complexity index is 597. The van der Waals surface area contributed by atoms with Crippen molar-refractivity contribution in [3.8, 4) is 0 Å². The summed E-state index contributed by atoms with van der Waals surface area (Å²) in [6.45, 7) is 1.47. The van der Waals surface area contributed by atoms with Gasteiger partial charge in [0.25, 0.3) is 0 Å². The van der Waals surface area contributed by atoms with Crippen molar-refractivity contribution in [3.05, 3.63) is 50.2 Å². The summed E-state index contributed by atoms with van der Waals surface area (Å²) < 4.78 is 1.17. The largest absolute Gasteiger partial charge is 0.325 e. The van der Waals surface area contributed by atoms with Crippen molar-refractivity contribution in [1.29, 1.82) is 0 Å². The molecule has 3 nitrogen and oxygen atoms in total. The molecule has 1 saturated heterocycles. The molecular weight excluding hydrogens is 395 g/mol. The highest BCUT2D eigenvalue weighted by Gasteiger charge is 2.27. The molecule has 110 valence electrons. The van der Waals surface area contributed by atoms with Crippen molar-refractivity contribution < 1.29 is 4.79 Å². The van der Waals surface area contributed by atoms with E-state index < -0.39 is 0 Å². The molecule has 1 atom stereocenters. The van der Waals surface area contributed by atoms with Gasteiger partial charge in [0.2, 0.25) is 5.91 Å². The molecule has 0 bridgehead atoms. The van der Waals surface area contributed by atoms with Gasteiger partial charge in [0, 0.05) is 15.3 Å². The van der Waals surface area contributed by atoms with E-state index >= 15 is 0 Å². The predicted octanol–water partition coefficient (Wildman–Crippen LogP) is 4.13. The Kier molecular flexibility index (Phi) is 4.92. The molecule has 1 amide bonds. The van der Waals surface area contributed by atoms with Gasteiger partial charge in [-0.25, -0.2) is 0 Å². The van der Waals surface area contributed by atoms with Crippen LogP contribution >= 0.6 is 33.9 Å². The Hall–Kier alpha value is -0.920. The summed E-state index contributed by atoms with van der Waals surface area (Å²) in [5, 5.41) is 7.28. The SMILES string of the molecule is O=C(CN1CCCC1c1ccsc1)Nc1ccc(I)cc1. The van der Waals surface area contributed by atoms with Crippen molar-refractivity contribution >= 4 is 45.5 Å². The third-order valence-electron chi connectivity index (χ3n) is 3.77. The molecular formula is C16H17IN2OS. The first kappa shape index (κ1) is 15.0. The van der Waals surface area contributed by atoms with Crippen LogP contribution in [0, 0.1) is 3.57 Å². The first-order valence-corrected chi connectivity index (χ1v) is 9.06. The van der Waals surface area contributed by atoms with Crippen LogP contribution in [0.2, 0.25) is 0 Å². The number of benzene rings is 1. The summed E-state index contributed by atoms with van der Waals surface area (Å²) in [4.78, 5) is 14.5. The van der Waals surface area contributed by atoms with Gasteiger partial charge in [0.1, 0.15) is 0 Å². The number of halogens is 1. The predicted molar refractivity (Wildman–Crippen MR) is 95.7 cm³/mol. The monoisotopic (exact) mass is 412 g/mol. The van der Waals surface area contributed by atoms with E-state index in [9.17, 15) is 4.79 Å². The number of likely N-dealkylation sites (tertiary alicyclic amines) is 1. The second kappa shape index (κ2) is 6.89. The molecule has 1 aromatic carbocycles. The molecule has 0 spiro atoms. The minimum atomic E-state index is 0.0679. The van der Waals surface area contributed by atoms with Gasteiger partial charge in [-0.15, -0.1) is 0 Å². The van der Waals surface area contributed by atoms with E-state index in [-0.39, 0.29) is 5.91 Å². The van der Waals surface area contributed by atoms with Crippen molar-refractivity contribution in [3.63, 3.8) is 0 Å². The lowest BCUT2D eigenvalue weighted by molar-refractivity contribution is -0.117. The van der Waals surface area contributed by atoms with Crippen LogP contribution in [-0.2, 0) is 4.79 Å². The lowest BCUT2D eigenvalue weighted by Gasteiger charge is -2.23. The summed E-state index contributed by atoms with van der Waals surface area (Å²) in [5.74, 6) is 0.0679. The molecule has 0 saturated carbocycles. The second-order valence-corrected chi connectivity index (χ2v) is 7.27. The highest BCUT2D eigenvalue weighted by Crippen LogP contribution is 2.32. The molecule has 5 heteroatoms. The molecule has 21 heavy (non-hydrogen) atoms. The molecule has 0 radical (unpaired) electrons. The van der Waals surface area contributed by atoms with E-state index in [0.717, 1.165) is 25.1 Å². The van der Waals surface area contributed by atoms with Crippen LogP contribution in [-0.4, -0.2) is 23.9 Å². The molecule has 1 N–H and O–H groups in total. The van der Waals surface area contributed by atoms with Crippen molar-refractivity contribution in [2.75, 3.05) is 18.4 Å². The van der Waals surface area contributed by atoms with E-state index in [1.54, 1.807) is 11.3 Å². The van der Waals surface area contributed by atoms with Gasteiger partial charge in [0.05, 0.1) is 6.54 Å². The van der Waals surface area contributed by atoms with Gasteiger partial charge >= 0.3 is 0 Å². The van der Waals surface area contributed by atoms with Crippen molar-refractivity contribution in [2.45, 2.75) is 18.9 Å². The van der Waals surface area contributed by atoms with E-state index in [4.69, 9.17) is 0 Å². The second-order valence-electron chi connectivity index (χ2n) is 5.24. The Morgan fingerprint density at radius 3 is 2.86 bits per heavy atom. The summed E-state index contributed by atoms with van der Waals surface area (Å²) in [7, 11) is 0. The Labute approximate surface area is 142 Å². The molecule has 1 aliphatic heterocycles. The first-order valence-electron chi connectivity index (χ1n) is 7.04. The number of nitrogens with one attached hydrogen (secondary N) is 1. The number of thiophene rings is 1. The van der Waals surface area contributed by atoms with Crippen LogP contribution in [0.1, 0.15) is 24.4 Å². The lowest BCUT2D eigenvalue weighted by atomic mass is 10.1. The Balaban J connectivity index is 1.60. The van der Waals surface area contributed by atoms with E-state index in [1.807, 2.05) is 24.3 Å². The number of carbonyl (C=O) groups is 1. The minimum absolute atomic E-state index is 0.0679. The molecule has 1 aromatic heterocycles. The number of rotatable bonds is 4. The summed E-state index contributed by atoms with van der Waals surface area (Å²) in [6.07, 6.45) is 2.31. The Morgan fingerprint density at radius 1 is 1.33 bits per heavy atom. The van der Waals surface area contributed by atoms with Gasteiger partial charge in [0.15, 0.2) is 0 Å². The highest BCUT2D eigenvalue weighted by molar-refractivity contribution is 14.1. The summed E-state index contributed by atoms with van der Waals surface area (Å²) in [6, 6.07) is 10.5. The molecule has 0 aliphatic carbocycles. The smallest absolute Gasteiger partial charge is 0.238 e. The van der Waals surface area contributed by atoms with Crippen LogP contribution < -0.4 is 5.32 Å². The molecule has 1 aliphatic rings. The minimum Gasteiger partial charge on any atom is -0.325 e. The quantitative estimate of drug-likeness (QED) is 0.767. The van der Waals surface area contributed by atoms with E-state index in [1.165, 1.54) is 9.13 Å². The number of anilines is 1. The maximum atomic E-state index is 12.2. The van der Waals surface area contributed by atoms with E-state index in [0.29, 0.717) is 12.6 Å². The third-order valence-corrected chi connectivity index (χ3v) is 5.19. The van der Waals surface area contributed by atoms with Crippen LogP contribution in [0.4, 0.5) is 5.69 Å². The van der Waals surface area contributed by atoms with Gasteiger partial charge in [-0.3, -0.25) is 9.69 Å². The first-order chi connectivity index (χ1) is 10.2. The van der Waals surface area contributed by atoms with Crippen LogP contribution in [0.5, 0.6) is 0 Å². The summed E-state index contributed by atoms with van der Waals surface area (Å²) >= 11 is 3.98. The Morgan fingerprint density at radius 2 is 2.14 bits per heavy atom. The maximum Gasteiger partial charge on any atom is 0.238 e. The third kappa shape index (κ3) is 3.84. The van der Waals surface area contributed by atoms with Gasteiger partial charge in [-0.05, 0) is 88.6 Å². The fourth-order valence-electron chi connectivity index (χ4n) is 2.78. The number of hydrogen-bond acceptors (Lipinski definition) is 3. The maximum absolute atomic E-state index is 12.2. The van der Waals surface area contributed by atoms with Crippen molar-refractivity contribution in [2.24, 2.45) is 0 Å². The zero-order chi connectivity index (χ0) is 14.7. The summed E-state index contributed by atoms with van der Waals surface area (Å²) in [5.41, 5.74) is 2.21. The number of carbonyl (C=O) groups excluding carboxylic acids is 1. The average molecular weight is 412 g/mol. The van der Waals surface area contributed by atoms with Gasteiger partial charge < -0.3 is 5.32 Å². The van der Waals surface area contributed by atoms with Gasteiger partial charge in [-0.2, -0.15) is 11.3 Å². The fraction of sp³-hybridized carbons (Fsp3) is 0.312. The molecule has 3 rings (SSSR count). The van der Waals surface area contributed by atoms with Crippen molar-refractivity contribution in [1.82, 2.24) is 4.90 Å². The number of hydrogen-bond donors (Lipinski definition) is 1. The molecule has 2 aromatic rings. The highest BCUT2D eigenvalue weighted by atomic mass is 127. The molecule has 1 fully saturated rings. The number of nitrogens with zero attached hydrogens (tertiary/aromatic N) is 1. The van der Waals surface area contributed by atoms with Gasteiger partial charge in [-0.1, -0.05) is 0 Å². The van der Waals surface area contributed by atoms with Crippen LogP contribution in [0.15, 0.2) is 41.1 Å². The van der Waals surface area contributed by atoms with Crippen LogP contribution in [0.25, 0.3) is 0 Å².